The van der Waals surface area contributed by atoms with Gasteiger partial charge in [0.1, 0.15) is 5.75 Å². The first-order chi connectivity index (χ1) is 12.5. The van der Waals surface area contributed by atoms with Crippen molar-refractivity contribution in [1.82, 2.24) is 10.2 Å². The van der Waals surface area contributed by atoms with Gasteiger partial charge in [0.05, 0.1) is 5.56 Å². The fourth-order valence-corrected chi connectivity index (χ4v) is 3.35. The van der Waals surface area contributed by atoms with Crippen LogP contribution in [-0.4, -0.2) is 23.0 Å². The number of fused-ring (bicyclic) bond motifs is 1. The number of carbonyl (C=O) groups is 1. The molecule has 2 aromatic carbocycles. The Balaban J connectivity index is 0.00000117. The van der Waals surface area contributed by atoms with Gasteiger partial charge in [0.2, 0.25) is 0 Å². The SMILES string of the molecule is CC.CNCc1cc(O)c(C(=O)N2Cc3ccccc3C2)cc1C(C)C. The summed E-state index contributed by atoms with van der Waals surface area (Å²) in [5.41, 5.74) is 4.89. The molecule has 0 atom stereocenters. The predicted octanol–water partition coefficient (Wildman–Crippen LogP) is 4.42. The van der Waals surface area contributed by atoms with Gasteiger partial charge in [-0.2, -0.15) is 0 Å². The number of hydrogen-bond acceptors (Lipinski definition) is 3. The third-order valence-electron chi connectivity index (χ3n) is 4.61. The van der Waals surface area contributed by atoms with E-state index in [1.807, 2.05) is 39.1 Å². The first-order valence-corrected chi connectivity index (χ1v) is 9.37. The fourth-order valence-electron chi connectivity index (χ4n) is 3.35. The highest BCUT2D eigenvalue weighted by molar-refractivity contribution is 5.97. The van der Waals surface area contributed by atoms with E-state index in [0.717, 1.165) is 11.1 Å². The summed E-state index contributed by atoms with van der Waals surface area (Å²) < 4.78 is 0. The molecule has 4 nitrogen and oxygen atoms in total. The summed E-state index contributed by atoms with van der Waals surface area (Å²) in [6.07, 6.45) is 0. The highest BCUT2D eigenvalue weighted by atomic mass is 16.3. The van der Waals surface area contributed by atoms with Crippen molar-refractivity contribution in [2.45, 2.75) is 53.2 Å². The van der Waals surface area contributed by atoms with Crippen LogP contribution >= 0.6 is 0 Å². The molecule has 0 saturated heterocycles. The molecule has 2 N–H and O–H groups in total. The van der Waals surface area contributed by atoms with Gasteiger partial charge in [-0.3, -0.25) is 4.79 Å². The molecular formula is C22H30N2O2. The van der Waals surface area contributed by atoms with Gasteiger partial charge in [-0.05, 0) is 47.4 Å². The first kappa shape index (κ1) is 20.0. The lowest BCUT2D eigenvalue weighted by Crippen LogP contribution is -2.25. The van der Waals surface area contributed by atoms with E-state index in [-0.39, 0.29) is 17.6 Å². The van der Waals surface area contributed by atoms with E-state index < -0.39 is 0 Å². The number of carbonyl (C=O) groups excluding carboxylic acids is 1. The van der Waals surface area contributed by atoms with Crippen LogP contribution < -0.4 is 5.32 Å². The van der Waals surface area contributed by atoms with Crippen molar-refractivity contribution >= 4 is 5.91 Å². The smallest absolute Gasteiger partial charge is 0.258 e. The highest BCUT2D eigenvalue weighted by Crippen LogP contribution is 2.31. The topological polar surface area (TPSA) is 52.6 Å². The average Bonchev–Trinajstić information content (AvgIpc) is 3.07. The molecule has 0 spiro atoms. The molecule has 0 bridgehead atoms. The number of aromatic hydroxyl groups is 1. The van der Waals surface area contributed by atoms with Crippen LogP contribution in [0.15, 0.2) is 36.4 Å². The minimum atomic E-state index is -0.110. The van der Waals surface area contributed by atoms with Gasteiger partial charge in [-0.25, -0.2) is 0 Å². The number of amides is 1. The van der Waals surface area contributed by atoms with Crippen LogP contribution in [0.4, 0.5) is 0 Å². The number of rotatable bonds is 4. The number of nitrogens with one attached hydrogen (secondary N) is 1. The lowest BCUT2D eigenvalue weighted by molar-refractivity contribution is 0.0748. The van der Waals surface area contributed by atoms with Crippen LogP contribution in [0.1, 0.15) is 66.2 Å². The van der Waals surface area contributed by atoms with Gasteiger partial charge < -0.3 is 15.3 Å². The minimum absolute atomic E-state index is 0.0607. The van der Waals surface area contributed by atoms with Crippen LogP contribution in [0.25, 0.3) is 0 Å². The Morgan fingerprint density at radius 1 is 1.15 bits per heavy atom. The molecule has 0 aliphatic carbocycles. The minimum Gasteiger partial charge on any atom is -0.507 e. The van der Waals surface area contributed by atoms with E-state index in [4.69, 9.17) is 0 Å². The van der Waals surface area contributed by atoms with E-state index in [1.54, 1.807) is 11.0 Å². The normalized spacial score (nSPS) is 12.6. The number of nitrogens with zero attached hydrogens (tertiary/aromatic N) is 1. The van der Waals surface area contributed by atoms with Crippen molar-refractivity contribution in [3.63, 3.8) is 0 Å². The summed E-state index contributed by atoms with van der Waals surface area (Å²) in [5.74, 6) is 0.239. The molecule has 2 aromatic rings. The molecule has 0 aromatic heterocycles. The van der Waals surface area contributed by atoms with Crippen molar-refractivity contribution < 1.29 is 9.90 Å². The summed E-state index contributed by atoms with van der Waals surface area (Å²) in [7, 11) is 1.88. The zero-order valence-corrected chi connectivity index (χ0v) is 16.5. The third kappa shape index (κ3) is 4.07. The molecule has 0 radical (unpaired) electrons. The average molecular weight is 354 g/mol. The number of phenols is 1. The largest absolute Gasteiger partial charge is 0.507 e. The van der Waals surface area contributed by atoms with Crippen LogP contribution in [0.3, 0.4) is 0 Å². The third-order valence-corrected chi connectivity index (χ3v) is 4.61. The van der Waals surface area contributed by atoms with Gasteiger partial charge in [-0.1, -0.05) is 52.0 Å². The molecule has 1 aliphatic rings. The zero-order valence-electron chi connectivity index (χ0n) is 16.5. The molecule has 0 saturated carbocycles. The Morgan fingerprint density at radius 2 is 1.73 bits per heavy atom. The maximum atomic E-state index is 12.9. The maximum absolute atomic E-state index is 12.9. The molecule has 1 heterocycles. The van der Waals surface area contributed by atoms with Crippen molar-refractivity contribution in [2.75, 3.05) is 7.05 Å². The Bertz CT molecular complexity index is 744. The Hall–Kier alpha value is -2.33. The van der Waals surface area contributed by atoms with E-state index >= 15 is 0 Å². The lowest BCUT2D eigenvalue weighted by Gasteiger charge is -2.20. The molecule has 26 heavy (non-hydrogen) atoms. The van der Waals surface area contributed by atoms with Gasteiger partial charge >= 0.3 is 0 Å². The van der Waals surface area contributed by atoms with Gasteiger partial charge in [-0.15, -0.1) is 0 Å². The van der Waals surface area contributed by atoms with Crippen LogP contribution in [0.2, 0.25) is 0 Å². The van der Waals surface area contributed by atoms with Crippen molar-refractivity contribution in [3.8, 4) is 5.75 Å². The molecule has 3 rings (SSSR count). The lowest BCUT2D eigenvalue weighted by atomic mass is 9.93. The van der Waals surface area contributed by atoms with E-state index in [0.29, 0.717) is 25.2 Å². The molecule has 4 heteroatoms. The summed E-state index contributed by atoms with van der Waals surface area (Å²) in [5, 5.41) is 13.5. The fraction of sp³-hybridized carbons (Fsp3) is 0.409. The van der Waals surface area contributed by atoms with Gasteiger partial charge in [0, 0.05) is 19.6 Å². The standard InChI is InChI=1S/C20H24N2O2.C2H6/c1-13(2)17-9-18(19(23)8-16(17)10-21-3)20(24)22-11-14-6-4-5-7-15(14)12-22;1-2/h4-9,13,21,23H,10-12H2,1-3H3;1-2H3. The van der Waals surface area contributed by atoms with Crippen molar-refractivity contribution in [3.05, 3.63) is 64.2 Å². The van der Waals surface area contributed by atoms with Crippen LogP contribution in [0, 0.1) is 0 Å². The molecule has 0 fully saturated rings. The van der Waals surface area contributed by atoms with Crippen LogP contribution in [0.5, 0.6) is 5.75 Å². The van der Waals surface area contributed by atoms with E-state index in [2.05, 4.69) is 31.3 Å². The van der Waals surface area contributed by atoms with Gasteiger partial charge in [0.25, 0.3) is 5.91 Å². The second-order valence-corrected chi connectivity index (χ2v) is 6.68. The number of hydrogen-bond donors (Lipinski definition) is 2. The van der Waals surface area contributed by atoms with Crippen LogP contribution in [-0.2, 0) is 19.6 Å². The summed E-state index contributed by atoms with van der Waals surface area (Å²) in [4.78, 5) is 14.7. The Morgan fingerprint density at radius 3 is 2.23 bits per heavy atom. The Labute approximate surface area is 156 Å². The zero-order chi connectivity index (χ0) is 19.3. The Kier molecular flexibility index (Phi) is 6.81. The van der Waals surface area contributed by atoms with Gasteiger partial charge in [0.15, 0.2) is 0 Å². The molecule has 0 unspecified atom stereocenters. The second kappa shape index (κ2) is 8.86. The van der Waals surface area contributed by atoms with Crippen molar-refractivity contribution in [2.24, 2.45) is 0 Å². The molecular weight excluding hydrogens is 324 g/mol. The van der Waals surface area contributed by atoms with E-state index in [1.165, 1.54) is 11.1 Å². The number of phenolic OH excluding ortho intramolecular Hbond substituents is 1. The molecule has 1 aliphatic heterocycles. The summed E-state index contributed by atoms with van der Waals surface area (Å²) in [6, 6.07) is 11.7. The predicted molar refractivity (Wildman–Crippen MR) is 106 cm³/mol. The molecule has 140 valence electrons. The second-order valence-electron chi connectivity index (χ2n) is 6.68. The monoisotopic (exact) mass is 354 g/mol. The quantitative estimate of drug-likeness (QED) is 0.855. The summed E-state index contributed by atoms with van der Waals surface area (Å²) in [6.45, 7) is 10.1. The number of benzene rings is 2. The summed E-state index contributed by atoms with van der Waals surface area (Å²) >= 11 is 0. The highest BCUT2D eigenvalue weighted by Gasteiger charge is 2.26. The van der Waals surface area contributed by atoms with Crippen molar-refractivity contribution in [1.29, 1.82) is 0 Å². The van der Waals surface area contributed by atoms with E-state index in [9.17, 15) is 9.90 Å². The maximum Gasteiger partial charge on any atom is 0.258 e. The molecule has 1 amide bonds. The first-order valence-electron chi connectivity index (χ1n) is 9.37.